The van der Waals surface area contributed by atoms with Gasteiger partial charge in [-0.2, -0.15) is 0 Å². The highest BCUT2D eigenvalue weighted by Gasteiger charge is 2.34. The third-order valence-electron chi connectivity index (χ3n) is 3.97. The number of nitrogens with zero attached hydrogens (tertiary/aromatic N) is 1. The molecule has 3 rings (SSSR count). The topological polar surface area (TPSA) is 15.3 Å². The Balaban J connectivity index is 1.80. The molecule has 2 nitrogen and oxygen atoms in total. The van der Waals surface area contributed by atoms with Crippen LogP contribution in [0.5, 0.6) is 0 Å². The Hall–Kier alpha value is -1.23. The molecular weight excluding hydrogens is 241 g/mol. The number of hydrogen-bond donors (Lipinski definition) is 1. The number of rotatable bonds is 2. The van der Waals surface area contributed by atoms with Crippen molar-refractivity contribution < 1.29 is 13.2 Å². The molecular formula is C13H15F3N2. The van der Waals surface area contributed by atoms with Gasteiger partial charge in [0.05, 0.1) is 0 Å². The lowest BCUT2D eigenvalue weighted by molar-refractivity contribution is 0.254. The standard InChI is InChI=1S/C13H15F3N2/c14-9-5-10(15)13(11(16)6-9)17-12-2-4-18-3-1-8(12)7-18/h5-6,8,12,17H,1-4,7H2. The second kappa shape index (κ2) is 4.46. The third-order valence-corrected chi connectivity index (χ3v) is 3.97. The maximum Gasteiger partial charge on any atom is 0.152 e. The van der Waals surface area contributed by atoms with Crippen LogP contribution < -0.4 is 5.32 Å². The van der Waals surface area contributed by atoms with Crippen molar-refractivity contribution in [3.63, 3.8) is 0 Å². The van der Waals surface area contributed by atoms with Crippen LogP contribution >= 0.6 is 0 Å². The summed E-state index contributed by atoms with van der Waals surface area (Å²) in [4.78, 5) is 2.36. The van der Waals surface area contributed by atoms with Gasteiger partial charge < -0.3 is 10.2 Å². The number of hydrogen-bond acceptors (Lipinski definition) is 2. The van der Waals surface area contributed by atoms with Gasteiger partial charge in [0.1, 0.15) is 11.5 Å². The van der Waals surface area contributed by atoms with Gasteiger partial charge in [0.2, 0.25) is 0 Å². The molecule has 2 heterocycles. The number of anilines is 1. The molecule has 2 aliphatic heterocycles. The molecule has 1 aromatic rings. The molecule has 3 atom stereocenters. The van der Waals surface area contributed by atoms with Gasteiger partial charge in [-0.15, -0.1) is 0 Å². The van der Waals surface area contributed by atoms with Gasteiger partial charge in [-0.05, 0) is 25.3 Å². The fourth-order valence-corrected chi connectivity index (χ4v) is 3.01. The molecule has 2 saturated heterocycles. The highest BCUT2D eigenvalue weighted by atomic mass is 19.1. The molecule has 2 fully saturated rings. The summed E-state index contributed by atoms with van der Waals surface area (Å²) in [6, 6.07) is 1.52. The van der Waals surface area contributed by atoms with E-state index < -0.39 is 17.5 Å². The van der Waals surface area contributed by atoms with Crippen LogP contribution in [-0.2, 0) is 0 Å². The minimum absolute atomic E-state index is 0.0817. The zero-order chi connectivity index (χ0) is 12.7. The monoisotopic (exact) mass is 256 g/mol. The van der Waals surface area contributed by atoms with Crippen LogP contribution in [-0.4, -0.2) is 30.6 Å². The van der Waals surface area contributed by atoms with E-state index in [2.05, 4.69) is 10.2 Å². The normalized spacial score (nSPS) is 30.5. The van der Waals surface area contributed by atoms with Gasteiger partial charge in [-0.1, -0.05) is 0 Å². The van der Waals surface area contributed by atoms with Crippen molar-refractivity contribution in [3.05, 3.63) is 29.6 Å². The number of halogens is 3. The maximum absolute atomic E-state index is 13.6. The second-order valence-electron chi connectivity index (χ2n) is 5.13. The van der Waals surface area contributed by atoms with Crippen molar-refractivity contribution in [2.24, 2.45) is 5.92 Å². The maximum atomic E-state index is 13.6. The Morgan fingerprint density at radius 2 is 1.72 bits per heavy atom. The van der Waals surface area contributed by atoms with E-state index in [-0.39, 0.29) is 11.7 Å². The molecule has 2 bridgehead atoms. The fourth-order valence-electron chi connectivity index (χ4n) is 3.01. The Kier molecular flexibility index (Phi) is 2.93. The average molecular weight is 256 g/mol. The summed E-state index contributed by atoms with van der Waals surface area (Å²) in [5.74, 6) is -2.16. The Bertz CT molecular complexity index is 441. The van der Waals surface area contributed by atoms with Crippen molar-refractivity contribution in [2.75, 3.05) is 25.0 Å². The van der Waals surface area contributed by atoms with Crippen molar-refractivity contribution in [1.82, 2.24) is 4.90 Å². The Morgan fingerprint density at radius 3 is 2.44 bits per heavy atom. The molecule has 5 heteroatoms. The van der Waals surface area contributed by atoms with E-state index in [0.717, 1.165) is 44.6 Å². The predicted molar refractivity (Wildman–Crippen MR) is 62.9 cm³/mol. The Morgan fingerprint density at radius 1 is 1.06 bits per heavy atom. The Labute approximate surface area is 104 Å². The quantitative estimate of drug-likeness (QED) is 0.875. The highest BCUT2D eigenvalue weighted by Crippen LogP contribution is 2.31. The molecule has 0 radical (unpaired) electrons. The third kappa shape index (κ3) is 2.07. The van der Waals surface area contributed by atoms with Crippen LogP contribution in [0.15, 0.2) is 12.1 Å². The fraction of sp³-hybridized carbons (Fsp3) is 0.538. The molecule has 0 aromatic heterocycles. The SMILES string of the molecule is Fc1cc(F)c(NC2CCN3CCC2C3)c(F)c1. The van der Waals surface area contributed by atoms with Crippen molar-refractivity contribution in [1.29, 1.82) is 0 Å². The van der Waals surface area contributed by atoms with E-state index in [1.54, 1.807) is 0 Å². The van der Waals surface area contributed by atoms with Crippen LogP contribution in [0.2, 0.25) is 0 Å². The van der Waals surface area contributed by atoms with Crippen LogP contribution in [0.1, 0.15) is 12.8 Å². The minimum Gasteiger partial charge on any atom is -0.377 e. The summed E-state index contributed by atoms with van der Waals surface area (Å²) in [6.45, 7) is 3.01. The zero-order valence-electron chi connectivity index (χ0n) is 9.93. The van der Waals surface area contributed by atoms with Crippen molar-refractivity contribution in [3.8, 4) is 0 Å². The molecule has 18 heavy (non-hydrogen) atoms. The van der Waals surface area contributed by atoms with Crippen molar-refractivity contribution >= 4 is 5.69 Å². The molecule has 0 amide bonds. The van der Waals surface area contributed by atoms with Crippen LogP contribution in [0.3, 0.4) is 0 Å². The van der Waals surface area contributed by atoms with E-state index in [4.69, 9.17) is 0 Å². The first-order valence-electron chi connectivity index (χ1n) is 6.27. The van der Waals surface area contributed by atoms with E-state index in [9.17, 15) is 13.2 Å². The number of nitrogens with one attached hydrogen (secondary N) is 1. The number of fused-ring (bicyclic) bond motifs is 2. The molecule has 3 unspecified atom stereocenters. The van der Waals surface area contributed by atoms with Gasteiger partial charge in [0.15, 0.2) is 11.6 Å². The first-order chi connectivity index (χ1) is 8.63. The van der Waals surface area contributed by atoms with Crippen molar-refractivity contribution in [2.45, 2.75) is 18.9 Å². The lowest BCUT2D eigenvalue weighted by atomic mass is 9.94. The lowest BCUT2D eigenvalue weighted by Crippen LogP contribution is -2.39. The predicted octanol–water partition coefficient (Wildman–Crippen LogP) is 2.61. The van der Waals surface area contributed by atoms with E-state index >= 15 is 0 Å². The summed E-state index contributed by atoms with van der Waals surface area (Å²) in [5.41, 5.74) is -0.193. The molecule has 0 spiro atoms. The van der Waals surface area contributed by atoms with Crippen LogP contribution in [0.4, 0.5) is 18.9 Å². The van der Waals surface area contributed by atoms with E-state index in [1.807, 2.05) is 0 Å². The average Bonchev–Trinajstić information content (AvgIpc) is 2.69. The minimum atomic E-state index is -0.883. The summed E-state index contributed by atoms with van der Waals surface area (Å²) in [6.07, 6.45) is 1.93. The summed E-state index contributed by atoms with van der Waals surface area (Å²) >= 11 is 0. The molecule has 0 aliphatic carbocycles. The lowest BCUT2D eigenvalue weighted by Gasteiger charge is -2.31. The van der Waals surface area contributed by atoms with Gasteiger partial charge in [0, 0.05) is 31.3 Å². The molecule has 0 saturated carbocycles. The summed E-state index contributed by atoms with van der Waals surface area (Å²) in [7, 11) is 0. The second-order valence-corrected chi connectivity index (χ2v) is 5.13. The first kappa shape index (κ1) is 11.8. The van der Waals surface area contributed by atoms with E-state index in [1.165, 1.54) is 0 Å². The summed E-state index contributed by atoms with van der Waals surface area (Å²) < 4.78 is 39.9. The number of piperidine rings is 1. The van der Waals surface area contributed by atoms with Gasteiger partial charge in [-0.3, -0.25) is 0 Å². The smallest absolute Gasteiger partial charge is 0.152 e. The van der Waals surface area contributed by atoms with Crippen LogP contribution in [0.25, 0.3) is 0 Å². The largest absolute Gasteiger partial charge is 0.377 e. The molecule has 1 N–H and O–H groups in total. The molecule has 98 valence electrons. The number of benzene rings is 1. The highest BCUT2D eigenvalue weighted by molar-refractivity contribution is 5.47. The van der Waals surface area contributed by atoms with Gasteiger partial charge in [-0.25, -0.2) is 13.2 Å². The zero-order valence-corrected chi connectivity index (χ0v) is 9.93. The van der Waals surface area contributed by atoms with E-state index in [0.29, 0.717) is 5.92 Å². The molecule has 1 aromatic carbocycles. The van der Waals surface area contributed by atoms with Gasteiger partial charge in [0.25, 0.3) is 0 Å². The van der Waals surface area contributed by atoms with Crippen LogP contribution in [0, 0.1) is 23.4 Å². The molecule has 2 aliphatic rings. The van der Waals surface area contributed by atoms with Gasteiger partial charge >= 0.3 is 0 Å². The first-order valence-corrected chi connectivity index (χ1v) is 6.27. The summed E-state index contributed by atoms with van der Waals surface area (Å²) in [5, 5.41) is 2.93.